The number of nitro benzene ring substituents is 1. The molecule has 0 aliphatic carbocycles. The van der Waals surface area contributed by atoms with Crippen molar-refractivity contribution in [3.63, 3.8) is 0 Å². The van der Waals surface area contributed by atoms with Crippen molar-refractivity contribution in [2.24, 2.45) is 0 Å². The monoisotopic (exact) mass is 417 g/mol. The second kappa shape index (κ2) is 10.6. The van der Waals surface area contributed by atoms with Gasteiger partial charge in [0.25, 0.3) is 5.75 Å². The molecule has 0 saturated carbocycles. The predicted molar refractivity (Wildman–Crippen MR) is 103 cm³/mol. The second-order valence-corrected chi connectivity index (χ2v) is 5.70. The zero-order chi connectivity index (χ0) is 22.1. The molecule has 0 saturated heterocycles. The largest absolute Gasteiger partial charge is 0.514 e. The first-order valence-corrected chi connectivity index (χ1v) is 8.95. The van der Waals surface area contributed by atoms with E-state index in [4.69, 9.17) is 9.47 Å². The first kappa shape index (κ1) is 22.3. The van der Waals surface area contributed by atoms with Gasteiger partial charge in [-0.1, -0.05) is 30.3 Å². The Kier molecular flexibility index (Phi) is 7.86. The van der Waals surface area contributed by atoms with Crippen molar-refractivity contribution in [3.05, 3.63) is 63.7 Å². The fourth-order valence-electron chi connectivity index (χ4n) is 2.48. The predicted octanol–water partition coefficient (Wildman–Crippen LogP) is 4.09. The van der Waals surface area contributed by atoms with Gasteiger partial charge in [0.2, 0.25) is 0 Å². The maximum Gasteiger partial charge on any atom is 0.514 e. The van der Waals surface area contributed by atoms with E-state index in [2.05, 4.69) is 9.47 Å². The van der Waals surface area contributed by atoms with Crippen LogP contribution in [0, 0.1) is 10.1 Å². The molecule has 0 aromatic heterocycles. The normalized spacial score (nSPS) is 10.1. The molecule has 0 atom stereocenters. The zero-order valence-electron chi connectivity index (χ0n) is 16.3. The van der Waals surface area contributed by atoms with Crippen LogP contribution in [0.1, 0.15) is 29.8 Å². The topological polar surface area (TPSA) is 131 Å². The number of carbonyl (C=O) groups is 3. The molecule has 10 heteroatoms. The van der Waals surface area contributed by atoms with Crippen LogP contribution in [0.25, 0.3) is 0 Å². The van der Waals surface area contributed by atoms with E-state index < -0.39 is 40.2 Å². The maximum absolute atomic E-state index is 12.7. The molecule has 0 amide bonds. The minimum absolute atomic E-state index is 0.0113. The second-order valence-electron chi connectivity index (χ2n) is 5.70. The molecule has 0 radical (unpaired) electrons. The molecule has 0 bridgehead atoms. The number of benzene rings is 2. The van der Waals surface area contributed by atoms with Gasteiger partial charge >= 0.3 is 18.0 Å². The van der Waals surface area contributed by atoms with E-state index in [9.17, 15) is 24.5 Å². The molecule has 30 heavy (non-hydrogen) atoms. The number of rotatable bonds is 8. The van der Waals surface area contributed by atoms with E-state index in [-0.39, 0.29) is 25.2 Å². The molecule has 0 heterocycles. The highest BCUT2D eigenvalue weighted by molar-refractivity contribution is 6.02. The minimum atomic E-state index is -1.26. The molecule has 2 aromatic carbocycles. The molecule has 2 aromatic rings. The molecule has 10 nitrogen and oxygen atoms in total. The molecule has 0 N–H and O–H groups in total. The van der Waals surface area contributed by atoms with Crippen molar-refractivity contribution in [2.45, 2.75) is 20.3 Å². The van der Waals surface area contributed by atoms with E-state index in [0.29, 0.717) is 5.56 Å². The number of carbonyl (C=O) groups excluding carboxylic acids is 3. The Morgan fingerprint density at radius 2 is 1.50 bits per heavy atom. The standard InChI is InChI=1S/C20H19NO9/c1-3-27-19(23)29-16-11-10-14(15(22)12-13-8-6-5-7-9-13)17(21(25)26)18(16)30-20(24)28-4-2/h5-11H,3-4,12H2,1-2H3. The number of Topliss-reactive ketones (excluding diaryl/α,β-unsaturated/α-hetero) is 1. The third-order valence-corrected chi connectivity index (χ3v) is 3.69. The van der Waals surface area contributed by atoms with Gasteiger partial charge in [0.05, 0.1) is 23.7 Å². The third kappa shape index (κ3) is 5.77. The third-order valence-electron chi connectivity index (χ3n) is 3.69. The Morgan fingerprint density at radius 1 is 0.900 bits per heavy atom. The van der Waals surface area contributed by atoms with Crippen LogP contribution in [0.5, 0.6) is 11.5 Å². The van der Waals surface area contributed by atoms with Gasteiger partial charge in [0.1, 0.15) is 0 Å². The average Bonchev–Trinajstić information content (AvgIpc) is 2.69. The van der Waals surface area contributed by atoms with Crippen LogP contribution < -0.4 is 9.47 Å². The minimum Gasteiger partial charge on any atom is -0.434 e. The number of nitrogens with zero attached hydrogens (tertiary/aromatic N) is 1. The van der Waals surface area contributed by atoms with E-state index in [1.165, 1.54) is 13.8 Å². The molecular formula is C20H19NO9. The first-order valence-electron chi connectivity index (χ1n) is 8.95. The summed E-state index contributed by atoms with van der Waals surface area (Å²) in [5, 5.41) is 11.8. The summed E-state index contributed by atoms with van der Waals surface area (Å²) < 4.78 is 19.1. The molecule has 0 spiro atoms. The van der Waals surface area contributed by atoms with Crippen molar-refractivity contribution in [2.75, 3.05) is 13.2 Å². The average molecular weight is 417 g/mol. The summed E-state index contributed by atoms with van der Waals surface area (Å²) >= 11 is 0. The van der Waals surface area contributed by atoms with Gasteiger partial charge in [-0.2, -0.15) is 0 Å². The fraction of sp³-hybridized carbons (Fsp3) is 0.250. The zero-order valence-corrected chi connectivity index (χ0v) is 16.3. The Bertz CT molecular complexity index is 941. The van der Waals surface area contributed by atoms with Crippen LogP contribution in [-0.2, 0) is 15.9 Å². The lowest BCUT2D eigenvalue weighted by Gasteiger charge is -2.12. The molecular weight excluding hydrogens is 398 g/mol. The smallest absolute Gasteiger partial charge is 0.434 e. The molecule has 2 rings (SSSR count). The molecule has 0 aliphatic rings. The summed E-state index contributed by atoms with van der Waals surface area (Å²) in [4.78, 5) is 47.0. The van der Waals surface area contributed by atoms with Crippen LogP contribution in [0.15, 0.2) is 42.5 Å². The van der Waals surface area contributed by atoms with Crippen LogP contribution in [0.2, 0.25) is 0 Å². The van der Waals surface area contributed by atoms with Crippen molar-refractivity contribution in [1.29, 1.82) is 0 Å². The van der Waals surface area contributed by atoms with Gasteiger partial charge in [-0.3, -0.25) is 14.9 Å². The summed E-state index contributed by atoms with van der Waals surface area (Å²) in [6, 6.07) is 10.8. The molecule has 158 valence electrons. The summed E-state index contributed by atoms with van der Waals surface area (Å²) in [6.45, 7) is 2.96. The fourth-order valence-corrected chi connectivity index (χ4v) is 2.48. The van der Waals surface area contributed by atoms with Gasteiger partial charge in [-0.05, 0) is 31.5 Å². The maximum atomic E-state index is 12.7. The van der Waals surface area contributed by atoms with Gasteiger partial charge in [-0.25, -0.2) is 9.59 Å². The van der Waals surface area contributed by atoms with E-state index >= 15 is 0 Å². The highest BCUT2D eigenvalue weighted by atomic mass is 16.7. The molecule has 0 aliphatic heterocycles. The van der Waals surface area contributed by atoms with Crippen LogP contribution in [0.4, 0.5) is 15.3 Å². The highest BCUT2D eigenvalue weighted by Gasteiger charge is 2.32. The summed E-state index contributed by atoms with van der Waals surface area (Å²) in [7, 11) is 0. The van der Waals surface area contributed by atoms with Crippen molar-refractivity contribution >= 4 is 23.8 Å². The quantitative estimate of drug-likeness (QED) is 0.205. The van der Waals surface area contributed by atoms with Crippen molar-refractivity contribution < 1.29 is 38.3 Å². The number of ketones is 1. The molecule has 0 unspecified atom stereocenters. The van der Waals surface area contributed by atoms with E-state index in [1.54, 1.807) is 30.3 Å². The Labute approximate surface area is 171 Å². The molecule has 0 fully saturated rings. The lowest BCUT2D eigenvalue weighted by atomic mass is 10.0. The summed E-state index contributed by atoms with van der Waals surface area (Å²) in [5.41, 5.74) is -0.512. The van der Waals surface area contributed by atoms with Crippen molar-refractivity contribution in [1.82, 2.24) is 0 Å². The summed E-state index contributed by atoms with van der Waals surface area (Å²) in [6.07, 6.45) is -2.55. The Morgan fingerprint density at radius 3 is 2.07 bits per heavy atom. The van der Waals surface area contributed by atoms with Gasteiger partial charge in [-0.15, -0.1) is 0 Å². The highest BCUT2D eigenvalue weighted by Crippen LogP contribution is 2.41. The van der Waals surface area contributed by atoms with Crippen LogP contribution in [-0.4, -0.2) is 36.2 Å². The number of hydrogen-bond acceptors (Lipinski definition) is 9. The van der Waals surface area contributed by atoms with Crippen LogP contribution >= 0.6 is 0 Å². The first-order chi connectivity index (χ1) is 14.4. The summed E-state index contributed by atoms with van der Waals surface area (Å²) in [5.74, 6) is -1.79. The SMILES string of the molecule is CCOC(=O)Oc1ccc(C(=O)Cc2ccccc2)c([N+](=O)[O-])c1OC(=O)OCC. The number of hydrogen-bond donors (Lipinski definition) is 0. The Hall–Kier alpha value is -3.95. The van der Waals surface area contributed by atoms with E-state index in [0.717, 1.165) is 12.1 Å². The van der Waals surface area contributed by atoms with Crippen LogP contribution in [0.3, 0.4) is 0 Å². The number of nitro groups is 1. The van der Waals surface area contributed by atoms with Gasteiger partial charge in [0, 0.05) is 6.42 Å². The lowest BCUT2D eigenvalue weighted by molar-refractivity contribution is -0.386. The van der Waals surface area contributed by atoms with Crippen molar-refractivity contribution in [3.8, 4) is 11.5 Å². The van der Waals surface area contributed by atoms with Gasteiger partial charge < -0.3 is 18.9 Å². The lowest BCUT2D eigenvalue weighted by Crippen LogP contribution is -2.17. The van der Waals surface area contributed by atoms with E-state index in [1.807, 2.05) is 0 Å². The number of ether oxygens (including phenoxy) is 4. The Balaban J connectivity index is 2.51. The van der Waals surface area contributed by atoms with Gasteiger partial charge in [0.15, 0.2) is 11.5 Å².